The molecule has 0 saturated carbocycles. The topological polar surface area (TPSA) is 33.5 Å². The van der Waals surface area contributed by atoms with Crippen molar-refractivity contribution in [2.75, 3.05) is 13.1 Å². The van der Waals surface area contributed by atoms with Gasteiger partial charge in [-0.2, -0.15) is 0 Å². The standard InChI is InChI=1S/C22H20FNO2/c1-2-15-24(16-14-17-6-4-3-5-7-17)22(25)21-13-12-20(26-21)18-8-10-19(23)11-9-18/h2-13H,1,14-16H2. The molecule has 3 rings (SSSR count). The molecule has 0 bridgehead atoms. The molecule has 2 aromatic carbocycles. The fourth-order valence-electron chi connectivity index (χ4n) is 2.72. The van der Waals surface area contributed by atoms with Crippen LogP contribution >= 0.6 is 0 Å². The summed E-state index contributed by atoms with van der Waals surface area (Å²) in [4.78, 5) is 14.5. The first kappa shape index (κ1) is 17.7. The number of benzene rings is 2. The molecule has 3 nitrogen and oxygen atoms in total. The molecule has 1 aromatic heterocycles. The van der Waals surface area contributed by atoms with Crippen LogP contribution in [0.5, 0.6) is 0 Å². The van der Waals surface area contributed by atoms with Gasteiger partial charge in [-0.3, -0.25) is 4.79 Å². The lowest BCUT2D eigenvalue weighted by Crippen LogP contribution is -2.32. The molecule has 0 saturated heterocycles. The predicted octanol–water partition coefficient (Wildman–Crippen LogP) is 4.96. The molecule has 0 aliphatic rings. The molecule has 132 valence electrons. The van der Waals surface area contributed by atoms with Gasteiger partial charge in [0.1, 0.15) is 11.6 Å². The molecule has 0 aliphatic heterocycles. The summed E-state index contributed by atoms with van der Waals surface area (Å²) in [6.07, 6.45) is 2.46. The predicted molar refractivity (Wildman–Crippen MR) is 100 cm³/mol. The minimum Gasteiger partial charge on any atom is -0.451 e. The van der Waals surface area contributed by atoms with Crippen LogP contribution in [0.4, 0.5) is 4.39 Å². The van der Waals surface area contributed by atoms with E-state index >= 15 is 0 Å². The number of carbonyl (C=O) groups is 1. The third-order valence-electron chi connectivity index (χ3n) is 4.10. The number of amides is 1. The molecule has 3 aromatic rings. The first-order valence-electron chi connectivity index (χ1n) is 8.47. The van der Waals surface area contributed by atoms with Gasteiger partial charge in [-0.1, -0.05) is 36.4 Å². The molecule has 0 fully saturated rings. The number of carbonyl (C=O) groups excluding carboxylic acids is 1. The Kier molecular flexibility index (Phi) is 5.64. The average Bonchev–Trinajstić information content (AvgIpc) is 3.16. The molecule has 0 unspecified atom stereocenters. The Hall–Kier alpha value is -3.14. The van der Waals surface area contributed by atoms with Crippen LogP contribution in [0.1, 0.15) is 16.1 Å². The van der Waals surface area contributed by atoms with Crippen molar-refractivity contribution in [3.8, 4) is 11.3 Å². The fourth-order valence-corrected chi connectivity index (χ4v) is 2.72. The van der Waals surface area contributed by atoms with Crippen molar-refractivity contribution in [2.45, 2.75) is 6.42 Å². The van der Waals surface area contributed by atoms with Gasteiger partial charge < -0.3 is 9.32 Å². The van der Waals surface area contributed by atoms with Gasteiger partial charge in [0.25, 0.3) is 5.91 Å². The molecular formula is C22H20FNO2. The van der Waals surface area contributed by atoms with Gasteiger partial charge in [-0.15, -0.1) is 6.58 Å². The Bertz CT molecular complexity index is 869. The maximum atomic E-state index is 13.1. The van der Waals surface area contributed by atoms with Crippen molar-refractivity contribution in [3.05, 3.63) is 96.5 Å². The zero-order chi connectivity index (χ0) is 18.4. The van der Waals surface area contributed by atoms with E-state index in [0.29, 0.717) is 18.8 Å². The van der Waals surface area contributed by atoms with E-state index < -0.39 is 0 Å². The van der Waals surface area contributed by atoms with E-state index in [1.807, 2.05) is 30.3 Å². The van der Waals surface area contributed by atoms with Crippen molar-refractivity contribution in [3.63, 3.8) is 0 Å². The van der Waals surface area contributed by atoms with E-state index in [4.69, 9.17) is 4.42 Å². The quantitative estimate of drug-likeness (QED) is 0.565. The maximum Gasteiger partial charge on any atom is 0.289 e. The van der Waals surface area contributed by atoms with Crippen LogP contribution in [0.3, 0.4) is 0 Å². The SMILES string of the molecule is C=CCN(CCc1ccccc1)C(=O)c1ccc(-c2ccc(F)cc2)o1. The Balaban J connectivity index is 1.72. The van der Waals surface area contributed by atoms with Crippen LogP contribution in [0.2, 0.25) is 0 Å². The second-order valence-electron chi connectivity index (χ2n) is 5.95. The van der Waals surface area contributed by atoms with Crippen molar-refractivity contribution in [1.29, 1.82) is 0 Å². The van der Waals surface area contributed by atoms with E-state index in [-0.39, 0.29) is 17.5 Å². The Morgan fingerprint density at radius 2 is 1.77 bits per heavy atom. The van der Waals surface area contributed by atoms with Crippen LogP contribution < -0.4 is 0 Å². The summed E-state index contributed by atoms with van der Waals surface area (Å²) in [6.45, 7) is 4.75. The first-order valence-corrected chi connectivity index (χ1v) is 8.47. The summed E-state index contributed by atoms with van der Waals surface area (Å²) < 4.78 is 18.8. The van der Waals surface area contributed by atoms with Gasteiger partial charge in [0, 0.05) is 18.7 Å². The normalized spacial score (nSPS) is 10.5. The number of furan rings is 1. The second kappa shape index (κ2) is 8.30. The molecular weight excluding hydrogens is 329 g/mol. The number of hydrogen-bond acceptors (Lipinski definition) is 2. The molecule has 0 atom stereocenters. The number of nitrogens with zero attached hydrogens (tertiary/aromatic N) is 1. The van der Waals surface area contributed by atoms with Crippen molar-refractivity contribution < 1.29 is 13.6 Å². The van der Waals surface area contributed by atoms with E-state index in [2.05, 4.69) is 6.58 Å². The lowest BCUT2D eigenvalue weighted by atomic mass is 10.1. The van der Waals surface area contributed by atoms with Gasteiger partial charge in [0.15, 0.2) is 5.76 Å². The Labute approximate surface area is 152 Å². The van der Waals surface area contributed by atoms with E-state index in [1.54, 1.807) is 35.2 Å². The Morgan fingerprint density at radius 1 is 1.04 bits per heavy atom. The minimum atomic E-state index is -0.310. The molecule has 0 aliphatic carbocycles. The summed E-state index contributed by atoms with van der Waals surface area (Å²) >= 11 is 0. The summed E-state index contributed by atoms with van der Waals surface area (Å²) in [5, 5.41) is 0. The van der Waals surface area contributed by atoms with Gasteiger partial charge in [0.2, 0.25) is 0 Å². The van der Waals surface area contributed by atoms with Crippen molar-refractivity contribution in [1.82, 2.24) is 4.90 Å². The fraction of sp³-hybridized carbons (Fsp3) is 0.136. The molecule has 1 amide bonds. The largest absolute Gasteiger partial charge is 0.451 e. The second-order valence-corrected chi connectivity index (χ2v) is 5.95. The van der Waals surface area contributed by atoms with Gasteiger partial charge in [0.05, 0.1) is 0 Å². The maximum absolute atomic E-state index is 13.1. The molecule has 4 heteroatoms. The summed E-state index contributed by atoms with van der Waals surface area (Å²) in [5.74, 6) is 0.304. The molecule has 0 N–H and O–H groups in total. The van der Waals surface area contributed by atoms with Crippen LogP contribution in [0.25, 0.3) is 11.3 Å². The molecule has 0 spiro atoms. The third-order valence-corrected chi connectivity index (χ3v) is 4.10. The summed E-state index contributed by atoms with van der Waals surface area (Å²) in [7, 11) is 0. The van der Waals surface area contributed by atoms with E-state index in [0.717, 1.165) is 12.0 Å². The highest BCUT2D eigenvalue weighted by atomic mass is 19.1. The van der Waals surface area contributed by atoms with Crippen LogP contribution in [0.15, 0.2) is 83.8 Å². The third kappa shape index (κ3) is 4.28. The smallest absolute Gasteiger partial charge is 0.289 e. The Morgan fingerprint density at radius 3 is 2.46 bits per heavy atom. The zero-order valence-corrected chi connectivity index (χ0v) is 14.4. The molecule has 26 heavy (non-hydrogen) atoms. The zero-order valence-electron chi connectivity index (χ0n) is 14.4. The monoisotopic (exact) mass is 349 g/mol. The van der Waals surface area contributed by atoms with Crippen LogP contribution in [-0.2, 0) is 6.42 Å². The van der Waals surface area contributed by atoms with Gasteiger partial charge in [-0.05, 0) is 48.4 Å². The highest BCUT2D eigenvalue weighted by molar-refractivity contribution is 5.92. The lowest BCUT2D eigenvalue weighted by molar-refractivity contribution is 0.0745. The number of rotatable bonds is 7. The van der Waals surface area contributed by atoms with Crippen LogP contribution in [0, 0.1) is 5.82 Å². The highest BCUT2D eigenvalue weighted by Gasteiger charge is 2.19. The van der Waals surface area contributed by atoms with E-state index in [9.17, 15) is 9.18 Å². The van der Waals surface area contributed by atoms with E-state index in [1.165, 1.54) is 17.7 Å². The lowest BCUT2D eigenvalue weighted by Gasteiger charge is -2.20. The van der Waals surface area contributed by atoms with Crippen molar-refractivity contribution in [2.24, 2.45) is 0 Å². The summed E-state index contributed by atoms with van der Waals surface area (Å²) in [6, 6.07) is 19.4. The average molecular weight is 349 g/mol. The van der Waals surface area contributed by atoms with Gasteiger partial charge >= 0.3 is 0 Å². The highest BCUT2D eigenvalue weighted by Crippen LogP contribution is 2.23. The van der Waals surface area contributed by atoms with Gasteiger partial charge in [-0.25, -0.2) is 4.39 Å². The molecule has 0 radical (unpaired) electrons. The number of hydrogen-bond donors (Lipinski definition) is 0. The number of halogens is 1. The van der Waals surface area contributed by atoms with Crippen molar-refractivity contribution >= 4 is 5.91 Å². The minimum absolute atomic E-state index is 0.186. The first-order chi connectivity index (χ1) is 12.7. The van der Waals surface area contributed by atoms with Crippen LogP contribution in [-0.4, -0.2) is 23.9 Å². The summed E-state index contributed by atoms with van der Waals surface area (Å²) in [5.41, 5.74) is 1.89. The molecule has 1 heterocycles.